The molecule has 1 N–H and O–H groups in total. The molecule has 3 nitrogen and oxygen atoms in total. The lowest BCUT2D eigenvalue weighted by Crippen LogP contribution is -2.47. The number of nitrogens with one attached hydrogen (secondary N) is 1. The van der Waals surface area contributed by atoms with E-state index in [1.807, 2.05) is 0 Å². The third kappa shape index (κ3) is 4.51. The Hall–Kier alpha value is -1.46. The van der Waals surface area contributed by atoms with Gasteiger partial charge in [0.2, 0.25) is 5.91 Å². The molecule has 0 unspecified atom stereocenters. The van der Waals surface area contributed by atoms with Crippen LogP contribution in [0.2, 0.25) is 0 Å². The quantitative estimate of drug-likeness (QED) is 0.920. The van der Waals surface area contributed by atoms with Gasteiger partial charge in [0.15, 0.2) is 0 Å². The average molecular weight is 303 g/mol. The van der Waals surface area contributed by atoms with E-state index in [-0.39, 0.29) is 18.7 Å². The molecule has 118 valence electrons. The highest BCUT2D eigenvalue weighted by molar-refractivity contribution is 5.76. The Morgan fingerprint density at radius 2 is 2.05 bits per heavy atom. The van der Waals surface area contributed by atoms with Crippen LogP contribution in [-0.4, -0.2) is 18.1 Å². The minimum absolute atomic E-state index is 0.103. The highest BCUT2D eigenvalue weighted by Crippen LogP contribution is 2.37. The number of alkyl halides is 3. The van der Waals surface area contributed by atoms with Crippen LogP contribution in [0.3, 0.4) is 0 Å². The Kier molecular flexibility index (Phi) is 4.96. The van der Waals surface area contributed by atoms with Gasteiger partial charge in [-0.25, -0.2) is 0 Å². The lowest BCUT2D eigenvalue weighted by atomic mass is 9.84. The number of aryl methyl sites for hydroxylation is 2. The standard InChI is InChI=1S/C15H20F3NO2/c1-10-6-7-11(21-10)8-9-14(20)19-13-5-3-2-4-12(13)15(16,17)18/h6-7,12-13H,2-5,8-9H2,1H3,(H,19,20)/t12-,13+/m1/s1. The molecule has 2 rings (SSSR count). The van der Waals surface area contributed by atoms with Crippen molar-refractivity contribution in [3.8, 4) is 0 Å². The lowest BCUT2D eigenvalue weighted by Gasteiger charge is -2.33. The predicted octanol–water partition coefficient (Wildman–Crippen LogP) is 3.76. The average Bonchev–Trinajstić information content (AvgIpc) is 2.82. The predicted molar refractivity (Wildman–Crippen MR) is 71.7 cm³/mol. The van der Waals surface area contributed by atoms with E-state index in [9.17, 15) is 18.0 Å². The number of hydrogen-bond donors (Lipinski definition) is 1. The van der Waals surface area contributed by atoms with E-state index in [2.05, 4.69) is 5.32 Å². The second-order valence-corrected chi connectivity index (χ2v) is 5.62. The Balaban J connectivity index is 1.85. The number of amides is 1. The molecule has 1 fully saturated rings. The van der Waals surface area contributed by atoms with E-state index in [4.69, 9.17) is 4.42 Å². The second-order valence-electron chi connectivity index (χ2n) is 5.62. The van der Waals surface area contributed by atoms with Gasteiger partial charge in [0.1, 0.15) is 11.5 Å². The summed E-state index contributed by atoms with van der Waals surface area (Å²) in [6.07, 6.45) is -1.88. The minimum Gasteiger partial charge on any atom is -0.466 e. The van der Waals surface area contributed by atoms with Crippen LogP contribution in [0.1, 0.15) is 43.6 Å². The molecule has 0 saturated heterocycles. The molecular formula is C15H20F3NO2. The topological polar surface area (TPSA) is 42.2 Å². The Bertz CT molecular complexity index is 482. The van der Waals surface area contributed by atoms with Crippen LogP contribution in [0, 0.1) is 12.8 Å². The molecule has 0 aromatic carbocycles. The van der Waals surface area contributed by atoms with Crippen molar-refractivity contribution in [2.75, 3.05) is 0 Å². The number of halogens is 3. The van der Waals surface area contributed by atoms with Crippen molar-refractivity contribution in [2.45, 2.75) is 57.7 Å². The maximum absolute atomic E-state index is 12.9. The summed E-state index contributed by atoms with van der Waals surface area (Å²) in [6.45, 7) is 1.81. The number of furan rings is 1. The molecule has 1 saturated carbocycles. The van der Waals surface area contributed by atoms with Gasteiger partial charge in [0, 0.05) is 18.9 Å². The number of carbonyl (C=O) groups excluding carboxylic acids is 1. The molecule has 1 aliphatic carbocycles. The minimum atomic E-state index is -4.24. The van der Waals surface area contributed by atoms with Gasteiger partial charge in [-0.15, -0.1) is 0 Å². The van der Waals surface area contributed by atoms with Gasteiger partial charge >= 0.3 is 6.18 Å². The maximum Gasteiger partial charge on any atom is 0.393 e. The second kappa shape index (κ2) is 6.54. The first-order valence-corrected chi connectivity index (χ1v) is 7.27. The van der Waals surface area contributed by atoms with Crippen molar-refractivity contribution < 1.29 is 22.4 Å². The van der Waals surface area contributed by atoms with Crippen molar-refractivity contribution in [3.63, 3.8) is 0 Å². The molecule has 21 heavy (non-hydrogen) atoms. The van der Waals surface area contributed by atoms with E-state index >= 15 is 0 Å². The Labute approximate surface area is 121 Å². The van der Waals surface area contributed by atoms with Crippen LogP contribution < -0.4 is 5.32 Å². The summed E-state index contributed by atoms with van der Waals surface area (Å²) in [5, 5.41) is 2.55. The lowest BCUT2D eigenvalue weighted by molar-refractivity contribution is -0.189. The fraction of sp³-hybridized carbons (Fsp3) is 0.667. The molecular weight excluding hydrogens is 283 g/mol. The largest absolute Gasteiger partial charge is 0.466 e. The van der Waals surface area contributed by atoms with Gasteiger partial charge in [0.05, 0.1) is 5.92 Å². The van der Waals surface area contributed by atoms with E-state index in [1.54, 1.807) is 19.1 Å². The van der Waals surface area contributed by atoms with E-state index in [1.165, 1.54) is 0 Å². The summed E-state index contributed by atoms with van der Waals surface area (Å²) in [5.74, 6) is -0.320. The van der Waals surface area contributed by atoms with Crippen LogP contribution in [0.25, 0.3) is 0 Å². The normalized spacial score (nSPS) is 23.0. The first-order chi connectivity index (χ1) is 9.86. The SMILES string of the molecule is Cc1ccc(CCC(=O)N[C@H]2CCCC[C@H]2C(F)(F)F)o1. The third-order valence-electron chi connectivity index (χ3n) is 3.93. The molecule has 0 bridgehead atoms. The van der Waals surface area contributed by atoms with E-state index in [0.29, 0.717) is 25.0 Å². The van der Waals surface area contributed by atoms with Crippen molar-refractivity contribution in [2.24, 2.45) is 5.92 Å². The molecule has 2 atom stereocenters. The first kappa shape index (κ1) is 15.9. The molecule has 1 amide bonds. The van der Waals surface area contributed by atoms with E-state index < -0.39 is 18.1 Å². The van der Waals surface area contributed by atoms with Crippen molar-refractivity contribution in [1.29, 1.82) is 0 Å². The molecule has 0 aliphatic heterocycles. The summed E-state index contributed by atoms with van der Waals surface area (Å²) in [6, 6.07) is 2.79. The van der Waals surface area contributed by atoms with Gasteiger partial charge < -0.3 is 9.73 Å². The zero-order valence-electron chi connectivity index (χ0n) is 12.0. The fourth-order valence-corrected chi connectivity index (χ4v) is 2.83. The summed E-state index contributed by atoms with van der Waals surface area (Å²) in [4.78, 5) is 11.8. The fourth-order valence-electron chi connectivity index (χ4n) is 2.83. The molecule has 0 radical (unpaired) electrons. The first-order valence-electron chi connectivity index (χ1n) is 7.27. The smallest absolute Gasteiger partial charge is 0.393 e. The van der Waals surface area contributed by atoms with Crippen molar-refractivity contribution in [1.82, 2.24) is 5.32 Å². The Morgan fingerprint density at radius 3 is 2.67 bits per heavy atom. The monoisotopic (exact) mass is 303 g/mol. The molecule has 1 aromatic rings. The molecule has 0 spiro atoms. The number of carbonyl (C=O) groups is 1. The van der Waals surface area contributed by atoms with Gasteiger partial charge in [-0.1, -0.05) is 12.8 Å². The molecule has 6 heteroatoms. The number of hydrogen-bond acceptors (Lipinski definition) is 2. The van der Waals surface area contributed by atoms with E-state index in [0.717, 1.165) is 12.2 Å². The molecule has 1 heterocycles. The summed E-state index contributed by atoms with van der Waals surface area (Å²) < 4.78 is 44.1. The summed E-state index contributed by atoms with van der Waals surface area (Å²) >= 11 is 0. The van der Waals surface area contributed by atoms with Crippen molar-refractivity contribution in [3.05, 3.63) is 23.7 Å². The molecule has 1 aromatic heterocycles. The highest BCUT2D eigenvalue weighted by Gasteiger charge is 2.45. The third-order valence-corrected chi connectivity index (χ3v) is 3.93. The number of rotatable bonds is 4. The van der Waals surface area contributed by atoms with Gasteiger partial charge in [-0.05, 0) is 31.9 Å². The zero-order chi connectivity index (χ0) is 15.5. The van der Waals surface area contributed by atoms with Crippen molar-refractivity contribution >= 4 is 5.91 Å². The zero-order valence-corrected chi connectivity index (χ0v) is 12.0. The summed E-state index contributed by atoms with van der Waals surface area (Å²) in [7, 11) is 0. The van der Waals surface area contributed by atoms with Crippen LogP contribution in [-0.2, 0) is 11.2 Å². The van der Waals surface area contributed by atoms with Gasteiger partial charge in [-0.2, -0.15) is 13.2 Å². The maximum atomic E-state index is 12.9. The van der Waals surface area contributed by atoms with Crippen LogP contribution in [0.5, 0.6) is 0 Å². The Morgan fingerprint density at radius 1 is 1.33 bits per heavy atom. The summed E-state index contributed by atoms with van der Waals surface area (Å²) in [5.41, 5.74) is 0. The van der Waals surface area contributed by atoms with Crippen LogP contribution >= 0.6 is 0 Å². The van der Waals surface area contributed by atoms with Gasteiger partial charge in [0.25, 0.3) is 0 Å². The molecule has 1 aliphatic rings. The van der Waals surface area contributed by atoms with Crippen LogP contribution in [0.4, 0.5) is 13.2 Å². The van der Waals surface area contributed by atoms with Gasteiger partial charge in [-0.3, -0.25) is 4.79 Å². The highest BCUT2D eigenvalue weighted by atomic mass is 19.4. The van der Waals surface area contributed by atoms with Crippen LogP contribution in [0.15, 0.2) is 16.5 Å².